The van der Waals surface area contributed by atoms with Gasteiger partial charge in [0.15, 0.2) is 0 Å². The number of aromatic nitrogens is 3. The average Bonchev–Trinajstić information content (AvgIpc) is 3.41. The van der Waals surface area contributed by atoms with Gasteiger partial charge in [0.25, 0.3) is 5.56 Å². The quantitative estimate of drug-likeness (QED) is 0.278. The molecule has 4 rings (SSSR count). The van der Waals surface area contributed by atoms with Crippen molar-refractivity contribution < 1.29 is 27.4 Å². The molecule has 0 bridgehead atoms. The van der Waals surface area contributed by atoms with Crippen molar-refractivity contribution in [3.63, 3.8) is 0 Å². The fourth-order valence-corrected chi connectivity index (χ4v) is 4.03. The standard InChI is InChI=1S/C26H26F3N5O4/c1-30-22(35)5-4-9-31-16-6-7-20(26(27,28)29)21(13-16)34-25(36)24-19(8-10-32-24)23(33-34)15-11-17(37-2)14-18(12-15)38-3/h6-8,10-14,31-32H,4-5,9H2,1-3H3,(H,30,35). The van der Waals surface area contributed by atoms with Crippen molar-refractivity contribution in [2.45, 2.75) is 19.0 Å². The van der Waals surface area contributed by atoms with E-state index in [1.807, 2.05) is 0 Å². The molecule has 9 nitrogen and oxygen atoms in total. The van der Waals surface area contributed by atoms with E-state index in [0.29, 0.717) is 41.1 Å². The van der Waals surface area contributed by atoms with Crippen LogP contribution in [-0.4, -0.2) is 48.5 Å². The van der Waals surface area contributed by atoms with Crippen LogP contribution in [0.25, 0.3) is 27.8 Å². The molecule has 0 unspecified atom stereocenters. The number of fused-ring (bicyclic) bond motifs is 1. The lowest BCUT2D eigenvalue weighted by Gasteiger charge is -2.17. The van der Waals surface area contributed by atoms with Crippen molar-refractivity contribution >= 4 is 22.5 Å². The average molecular weight is 530 g/mol. The molecular weight excluding hydrogens is 503 g/mol. The number of amides is 1. The summed E-state index contributed by atoms with van der Waals surface area (Å²) in [6, 6.07) is 9.99. The first-order valence-corrected chi connectivity index (χ1v) is 11.7. The highest BCUT2D eigenvalue weighted by Gasteiger charge is 2.35. The minimum atomic E-state index is -4.75. The highest BCUT2D eigenvalue weighted by Crippen LogP contribution is 2.36. The number of carbonyl (C=O) groups excluding carboxylic acids is 1. The predicted molar refractivity (Wildman–Crippen MR) is 137 cm³/mol. The lowest BCUT2D eigenvalue weighted by molar-refractivity contribution is -0.137. The van der Waals surface area contributed by atoms with Gasteiger partial charge in [-0.05, 0) is 42.8 Å². The molecule has 200 valence electrons. The Kier molecular flexibility index (Phi) is 7.60. The fourth-order valence-electron chi connectivity index (χ4n) is 4.03. The maximum atomic E-state index is 14.1. The maximum absolute atomic E-state index is 14.1. The molecule has 4 aromatic rings. The number of carbonyl (C=O) groups is 1. The van der Waals surface area contributed by atoms with E-state index >= 15 is 0 Å². The van der Waals surface area contributed by atoms with Crippen LogP contribution in [0, 0.1) is 0 Å². The molecule has 0 saturated carbocycles. The molecule has 2 heterocycles. The molecule has 1 amide bonds. The van der Waals surface area contributed by atoms with Crippen molar-refractivity contribution in [3.05, 3.63) is 64.6 Å². The van der Waals surface area contributed by atoms with Crippen LogP contribution in [0.1, 0.15) is 18.4 Å². The van der Waals surface area contributed by atoms with Crippen molar-refractivity contribution in [3.8, 4) is 28.4 Å². The first-order valence-electron chi connectivity index (χ1n) is 11.7. The van der Waals surface area contributed by atoms with E-state index in [-0.39, 0.29) is 23.5 Å². The fraction of sp³-hybridized carbons (Fsp3) is 0.269. The van der Waals surface area contributed by atoms with Gasteiger partial charge in [0.05, 0.1) is 25.5 Å². The Balaban J connectivity index is 1.87. The van der Waals surface area contributed by atoms with Gasteiger partial charge in [-0.3, -0.25) is 9.59 Å². The van der Waals surface area contributed by atoms with Crippen LogP contribution in [0.15, 0.2) is 53.5 Å². The number of benzene rings is 2. The molecule has 0 aliphatic carbocycles. The van der Waals surface area contributed by atoms with Gasteiger partial charge in [0.1, 0.15) is 22.7 Å². The third kappa shape index (κ3) is 5.43. The molecule has 0 aliphatic heterocycles. The zero-order valence-corrected chi connectivity index (χ0v) is 20.9. The van der Waals surface area contributed by atoms with Crippen molar-refractivity contribution in [2.75, 3.05) is 33.1 Å². The number of hydrogen-bond donors (Lipinski definition) is 3. The third-order valence-corrected chi connectivity index (χ3v) is 5.95. The number of ether oxygens (including phenoxy) is 2. The van der Waals surface area contributed by atoms with Crippen molar-refractivity contribution in [1.82, 2.24) is 20.1 Å². The molecule has 2 aromatic heterocycles. The molecule has 0 radical (unpaired) electrons. The summed E-state index contributed by atoms with van der Waals surface area (Å²) in [4.78, 5) is 27.6. The molecule has 0 fully saturated rings. The lowest BCUT2D eigenvalue weighted by atomic mass is 10.1. The highest BCUT2D eigenvalue weighted by molar-refractivity contribution is 5.92. The number of H-pyrrole nitrogens is 1. The second-order valence-corrected chi connectivity index (χ2v) is 8.37. The normalized spacial score (nSPS) is 11.4. The number of methoxy groups -OCH3 is 2. The van der Waals surface area contributed by atoms with Gasteiger partial charge in [0, 0.05) is 48.9 Å². The Morgan fingerprint density at radius 1 is 1.08 bits per heavy atom. The van der Waals surface area contributed by atoms with Crippen LogP contribution < -0.4 is 25.7 Å². The number of anilines is 1. The molecule has 0 saturated heterocycles. The van der Waals surface area contributed by atoms with Crippen LogP contribution >= 0.6 is 0 Å². The van der Waals surface area contributed by atoms with E-state index < -0.39 is 23.0 Å². The zero-order valence-electron chi connectivity index (χ0n) is 20.9. The van der Waals surface area contributed by atoms with E-state index in [2.05, 4.69) is 20.7 Å². The molecule has 2 aromatic carbocycles. The Labute approximate surface area is 215 Å². The maximum Gasteiger partial charge on any atom is 0.418 e. The van der Waals surface area contributed by atoms with Crippen molar-refractivity contribution in [1.29, 1.82) is 0 Å². The second kappa shape index (κ2) is 10.9. The summed E-state index contributed by atoms with van der Waals surface area (Å²) >= 11 is 0. The van der Waals surface area contributed by atoms with E-state index in [1.54, 1.807) is 24.3 Å². The number of alkyl halides is 3. The molecule has 0 aliphatic rings. The Morgan fingerprint density at radius 3 is 2.42 bits per heavy atom. The van der Waals surface area contributed by atoms with Crippen LogP contribution in [0.5, 0.6) is 11.5 Å². The number of halogens is 3. The number of nitrogens with zero attached hydrogens (tertiary/aromatic N) is 2. The van der Waals surface area contributed by atoms with Crippen molar-refractivity contribution in [2.24, 2.45) is 0 Å². The summed E-state index contributed by atoms with van der Waals surface area (Å²) in [5.74, 6) is 0.750. The second-order valence-electron chi connectivity index (χ2n) is 8.37. The van der Waals surface area contributed by atoms with Gasteiger partial charge >= 0.3 is 6.18 Å². The van der Waals surface area contributed by atoms with Gasteiger partial charge in [0.2, 0.25) is 5.91 Å². The number of hydrogen-bond acceptors (Lipinski definition) is 6. The molecule has 3 N–H and O–H groups in total. The minimum absolute atomic E-state index is 0.0915. The zero-order chi connectivity index (χ0) is 27.4. The third-order valence-electron chi connectivity index (χ3n) is 5.95. The molecular formula is C26H26F3N5O4. The number of rotatable bonds is 9. The molecule has 12 heteroatoms. The molecule has 0 atom stereocenters. The van der Waals surface area contributed by atoms with E-state index in [4.69, 9.17) is 9.47 Å². The summed E-state index contributed by atoms with van der Waals surface area (Å²) in [6.07, 6.45) is -2.51. The summed E-state index contributed by atoms with van der Waals surface area (Å²) in [6.45, 7) is 0.338. The smallest absolute Gasteiger partial charge is 0.418 e. The number of aromatic amines is 1. The topological polar surface area (TPSA) is 110 Å². The van der Waals surface area contributed by atoms with Crippen LogP contribution in [-0.2, 0) is 11.0 Å². The SMILES string of the molecule is CNC(=O)CCCNc1ccc(C(F)(F)F)c(-n2nc(-c3cc(OC)cc(OC)c3)c3cc[nH]c3c2=O)c1. The molecule has 0 spiro atoms. The Morgan fingerprint density at radius 2 is 1.79 bits per heavy atom. The van der Waals surface area contributed by atoms with E-state index in [1.165, 1.54) is 39.6 Å². The largest absolute Gasteiger partial charge is 0.497 e. The van der Waals surface area contributed by atoms with E-state index in [0.717, 1.165) is 10.7 Å². The monoisotopic (exact) mass is 529 g/mol. The predicted octanol–water partition coefficient (Wildman–Crippen LogP) is 4.35. The first kappa shape index (κ1) is 26.6. The van der Waals surface area contributed by atoms with Gasteiger partial charge in [-0.1, -0.05) is 0 Å². The highest BCUT2D eigenvalue weighted by atomic mass is 19.4. The van der Waals surface area contributed by atoms with Gasteiger partial charge in [-0.2, -0.15) is 23.0 Å². The summed E-state index contributed by atoms with van der Waals surface area (Å²) in [5, 5.41) is 10.4. The summed E-state index contributed by atoms with van der Waals surface area (Å²) in [5.41, 5.74) is -1.03. The Hall–Kier alpha value is -4.48. The van der Waals surface area contributed by atoms with Gasteiger partial charge in [-0.25, -0.2) is 0 Å². The van der Waals surface area contributed by atoms with Crippen LogP contribution in [0.4, 0.5) is 18.9 Å². The Bertz CT molecular complexity index is 1510. The van der Waals surface area contributed by atoms with Gasteiger partial charge < -0.3 is 25.1 Å². The number of nitrogens with one attached hydrogen (secondary N) is 3. The van der Waals surface area contributed by atoms with Crippen LogP contribution in [0.3, 0.4) is 0 Å². The van der Waals surface area contributed by atoms with Crippen LogP contribution in [0.2, 0.25) is 0 Å². The summed E-state index contributed by atoms with van der Waals surface area (Å²) < 4.78 is 53.6. The molecule has 38 heavy (non-hydrogen) atoms. The first-order chi connectivity index (χ1) is 18.2. The van der Waals surface area contributed by atoms with E-state index in [9.17, 15) is 22.8 Å². The minimum Gasteiger partial charge on any atom is -0.497 e. The lowest BCUT2D eigenvalue weighted by Crippen LogP contribution is -2.25. The summed E-state index contributed by atoms with van der Waals surface area (Å²) in [7, 11) is 4.47. The van der Waals surface area contributed by atoms with Gasteiger partial charge in [-0.15, -0.1) is 0 Å².